The summed E-state index contributed by atoms with van der Waals surface area (Å²) in [6, 6.07) is 0. The lowest BCUT2D eigenvalue weighted by molar-refractivity contribution is 0.0603. The molecule has 2 aromatic heterocycles. The molecule has 0 saturated heterocycles. The summed E-state index contributed by atoms with van der Waals surface area (Å²) >= 11 is 2.71. The summed E-state index contributed by atoms with van der Waals surface area (Å²) in [4.78, 5) is 17.7. The molecule has 2 rings (SSSR count). The van der Waals surface area contributed by atoms with E-state index in [-0.39, 0.29) is 5.82 Å². The Bertz CT molecular complexity index is 538. The smallest absolute Gasteiger partial charge is 0.344 e. The first-order valence-corrected chi connectivity index (χ1v) is 6.76. The van der Waals surface area contributed by atoms with Gasteiger partial charge in [-0.25, -0.2) is 9.78 Å². The summed E-state index contributed by atoms with van der Waals surface area (Å²) in [5.41, 5.74) is 8.71. The summed E-state index contributed by atoms with van der Waals surface area (Å²) in [6.07, 6.45) is 0. The first-order chi connectivity index (χ1) is 8.63. The van der Waals surface area contributed by atoms with E-state index in [1.165, 1.54) is 30.0 Å². The lowest BCUT2D eigenvalue weighted by atomic mass is 10.3. The Morgan fingerprint density at radius 2 is 2.39 bits per heavy atom. The summed E-state index contributed by atoms with van der Waals surface area (Å²) < 4.78 is 8.70. The van der Waals surface area contributed by atoms with Crippen LogP contribution in [-0.2, 0) is 11.3 Å². The van der Waals surface area contributed by atoms with E-state index in [1.54, 1.807) is 5.51 Å². The third-order valence-corrected chi connectivity index (χ3v) is 3.93. The zero-order valence-electron chi connectivity index (χ0n) is 9.91. The number of carbonyl (C=O) groups is 1. The van der Waals surface area contributed by atoms with E-state index in [0.29, 0.717) is 17.1 Å². The highest BCUT2D eigenvalue weighted by Gasteiger charge is 2.22. The Morgan fingerprint density at radius 1 is 1.61 bits per heavy atom. The molecule has 0 aliphatic rings. The average Bonchev–Trinajstić information content (AvgIpc) is 2.97. The topological polar surface area (TPSA) is 81.3 Å². The minimum Gasteiger partial charge on any atom is -0.465 e. The van der Waals surface area contributed by atoms with Crippen LogP contribution in [0.2, 0.25) is 0 Å². The van der Waals surface area contributed by atoms with E-state index in [2.05, 4.69) is 9.36 Å². The Balaban J connectivity index is 2.25. The van der Waals surface area contributed by atoms with E-state index < -0.39 is 5.97 Å². The highest BCUT2D eigenvalue weighted by molar-refractivity contribution is 7.11. The minimum absolute atomic E-state index is 0.201. The quantitative estimate of drug-likeness (QED) is 0.859. The van der Waals surface area contributed by atoms with Gasteiger partial charge in [-0.05, 0) is 11.5 Å². The number of hydrogen-bond donors (Lipinski definition) is 1. The van der Waals surface area contributed by atoms with E-state index in [9.17, 15) is 4.79 Å². The van der Waals surface area contributed by atoms with Gasteiger partial charge in [0.15, 0.2) is 5.82 Å². The number of nitrogens with two attached hydrogens (primary N) is 1. The number of nitrogens with zero attached hydrogens (tertiary/aromatic N) is 3. The highest BCUT2D eigenvalue weighted by atomic mass is 32.1. The Labute approximate surface area is 112 Å². The van der Waals surface area contributed by atoms with Gasteiger partial charge in [0.25, 0.3) is 0 Å². The molecule has 0 aliphatic carbocycles. The fourth-order valence-electron chi connectivity index (χ4n) is 1.48. The minimum atomic E-state index is -0.471. The van der Waals surface area contributed by atoms with Gasteiger partial charge in [0, 0.05) is 12.4 Å². The van der Waals surface area contributed by atoms with E-state index in [1.807, 2.05) is 17.3 Å². The second-order valence-corrected chi connectivity index (χ2v) is 5.05. The average molecular weight is 284 g/mol. The Morgan fingerprint density at radius 3 is 3.00 bits per heavy atom. The van der Waals surface area contributed by atoms with E-state index >= 15 is 0 Å². The maximum Gasteiger partial charge on any atom is 0.344 e. The number of hydrogen-bond acceptors (Lipinski definition) is 8. The van der Waals surface area contributed by atoms with Crippen LogP contribution in [0.5, 0.6) is 0 Å². The highest BCUT2D eigenvalue weighted by Crippen LogP contribution is 2.31. The molecular weight excluding hydrogens is 272 g/mol. The molecular formula is C10H12N4O2S2. The molecule has 0 spiro atoms. The van der Waals surface area contributed by atoms with Crippen molar-refractivity contribution in [2.24, 2.45) is 0 Å². The summed E-state index contributed by atoms with van der Waals surface area (Å²) in [5, 5.41) is 2.64. The van der Waals surface area contributed by atoms with Gasteiger partial charge >= 0.3 is 5.97 Å². The molecule has 0 fully saturated rings. The van der Waals surface area contributed by atoms with Crippen molar-refractivity contribution in [3.05, 3.63) is 22.1 Å². The van der Waals surface area contributed by atoms with Crippen molar-refractivity contribution in [1.82, 2.24) is 9.36 Å². The summed E-state index contributed by atoms with van der Waals surface area (Å²) in [6.45, 7) is 0.592. The van der Waals surface area contributed by atoms with Crippen molar-refractivity contribution in [2.45, 2.75) is 6.54 Å². The van der Waals surface area contributed by atoms with Crippen LogP contribution < -0.4 is 10.6 Å². The lowest BCUT2D eigenvalue weighted by Gasteiger charge is -2.16. The lowest BCUT2D eigenvalue weighted by Crippen LogP contribution is -2.18. The number of esters is 1. The summed E-state index contributed by atoms with van der Waals surface area (Å²) in [7, 11) is 3.18. The van der Waals surface area contributed by atoms with Gasteiger partial charge in [-0.3, -0.25) is 0 Å². The summed E-state index contributed by atoms with van der Waals surface area (Å²) in [5.74, 6) is -0.270. The molecule has 0 amide bonds. The van der Waals surface area contributed by atoms with Crippen molar-refractivity contribution >= 4 is 39.7 Å². The van der Waals surface area contributed by atoms with Crippen molar-refractivity contribution in [2.75, 3.05) is 24.8 Å². The van der Waals surface area contributed by atoms with Gasteiger partial charge in [0.2, 0.25) is 0 Å². The molecule has 0 saturated carbocycles. The molecule has 0 aromatic carbocycles. The number of methoxy groups -OCH3 is 1. The van der Waals surface area contributed by atoms with Crippen LogP contribution in [0.15, 0.2) is 10.9 Å². The number of aromatic nitrogens is 2. The molecule has 6 nitrogen and oxygen atoms in total. The molecule has 0 bridgehead atoms. The fourth-order valence-corrected chi connectivity index (χ4v) is 2.79. The third-order valence-electron chi connectivity index (χ3n) is 2.32. The Kier molecular flexibility index (Phi) is 3.78. The van der Waals surface area contributed by atoms with Gasteiger partial charge in [0.05, 0.1) is 24.9 Å². The van der Waals surface area contributed by atoms with Crippen molar-refractivity contribution < 1.29 is 9.53 Å². The third kappa shape index (κ3) is 2.44. The molecule has 2 N–H and O–H groups in total. The Hall–Kier alpha value is -1.67. The zero-order chi connectivity index (χ0) is 13.1. The predicted octanol–water partition coefficient (Wildman–Crippen LogP) is 1.60. The predicted molar refractivity (Wildman–Crippen MR) is 72.1 cm³/mol. The molecule has 8 heteroatoms. The van der Waals surface area contributed by atoms with Crippen molar-refractivity contribution in [3.8, 4) is 0 Å². The van der Waals surface area contributed by atoms with Crippen molar-refractivity contribution in [1.29, 1.82) is 0 Å². The number of rotatable bonds is 4. The van der Waals surface area contributed by atoms with Gasteiger partial charge < -0.3 is 15.4 Å². The second kappa shape index (κ2) is 5.32. The molecule has 0 radical (unpaired) electrons. The monoisotopic (exact) mass is 284 g/mol. The maximum absolute atomic E-state index is 11.6. The fraction of sp³-hybridized carbons (Fsp3) is 0.300. The molecule has 0 atom stereocenters. The van der Waals surface area contributed by atoms with Crippen LogP contribution >= 0.6 is 22.9 Å². The second-order valence-electron chi connectivity index (χ2n) is 3.58. The van der Waals surface area contributed by atoms with E-state index in [0.717, 1.165) is 5.69 Å². The van der Waals surface area contributed by atoms with Gasteiger partial charge in [-0.15, -0.1) is 11.3 Å². The van der Waals surface area contributed by atoms with Gasteiger partial charge in [0.1, 0.15) is 10.6 Å². The molecule has 96 valence electrons. The number of thiazole rings is 1. The van der Waals surface area contributed by atoms with Crippen LogP contribution in [0.4, 0.5) is 10.8 Å². The SMILES string of the molecule is COC(=O)c1c(N)nsc1N(C)Cc1cscn1. The van der Waals surface area contributed by atoms with E-state index in [4.69, 9.17) is 10.5 Å². The first-order valence-electron chi connectivity index (χ1n) is 5.05. The number of nitrogen functional groups attached to an aromatic ring is 1. The number of ether oxygens (including phenoxy) is 1. The zero-order valence-corrected chi connectivity index (χ0v) is 11.5. The van der Waals surface area contributed by atoms with Crippen LogP contribution in [0.1, 0.15) is 16.1 Å². The largest absolute Gasteiger partial charge is 0.465 e. The molecule has 2 aromatic rings. The maximum atomic E-state index is 11.6. The standard InChI is InChI=1S/C10H12N4O2S2/c1-14(3-6-4-17-5-12-6)9-7(10(15)16-2)8(11)13-18-9/h4-5H,3H2,1-2H3,(H2,11,13). The molecule has 18 heavy (non-hydrogen) atoms. The molecule has 2 heterocycles. The number of anilines is 2. The van der Waals surface area contributed by atoms with Gasteiger partial charge in [-0.2, -0.15) is 4.37 Å². The number of carbonyl (C=O) groups excluding carboxylic acids is 1. The normalized spacial score (nSPS) is 10.3. The van der Waals surface area contributed by atoms with Crippen LogP contribution in [-0.4, -0.2) is 29.5 Å². The van der Waals surface area contributed by atoms with Crippen LogP contribution in [0.3, 0.4) is 0 Å². The van der Waals surface area contributed by atoms with Crippen molar-refractivity contribution in [3.63, 3.8) is 0 Å². The molecule has 0 aliphatic heterocycles. The van der Waals surface area contributed by atoms with Gasteiger partial charge in [-0.1, -0.05) is 0 Å². The first kappa shape index (κ1) is 12.8. The van der Waals surface area contributed by atoms with Crippen LogP contribution in [0.25, 0.3) is 0 Å². The van der Waals surface area contributed by atoms with Crippen LogP contribution in [0, 0.1) is 0 Å². The molecule has 0 unspecified atom stereocenters.